The van der Waals surface area contributed by atoms with Crippen molar-refractivity contribution < 1.29 is 0 Å². The zero-order valence-corrected chi connectivity index (χ0v) is 10.3. The van der Waals surface area contributed by atoms with E-state index in [0.717, 1.165) is 5.69 Å². The summed E-state index contributed by atoms with van der Waals surface area (Å²) >= 11 is 0. The Morgan fingerprint density at radius 2 is 2.12 bits per heavy atom. The van der Waals surface area contributed by atoms with Crippen LogP contribution in [-0.2, 0) is 0 Å². The van der Waals surface area contributed by atoms with Crippen LogP contribution >= 0.6 is 0 Å². The van der Waals surface area contributed by atoms with Gasteiger partial charge in [-0.05, 0) is 32.8 Å². The normalized spacial score (nSPS) is 25.2. The van der Waals surface area contributed by atoms with Crippen molar-refractivity contribution in [2.75, 3.05) is 5.43 Å². The lowest BCUT2D eigenvalue weighted by atomic mass is 10.00. The summed E-state index contributed by atoms with van der Waals surface area (Å²) in [5, 5.41) is 11.3. The molecule has 2 unspecified atom stereocenters. The molecular formula is C13H18N4. The molecule has 0 aromatic carbocycles. The number of rotatable bonds is 2. The zero-order chi connectivity index (χ0) is 12.3. The minimum absolute atomic E-state index is 0.491. The number of nitriles is 1. The molecule has 2 atom stereocenters. The molecule has 1 aliphatic heterocycles. The highest BCUT2D eigenvalue weighted by atomic mass is 15.5. The number of anilines is 1. The van der Waals surface area contributed by atoms with Crippen LogP contribution < -0.4 is 5.43 Å². The maximum absolute atomic E-state index is 9.04. The molecule has 0 saturated carbocycles. The highest BCUT2D eigenvalue weighted by molar-refractivity contribution is 5.54. The molecule has 0 bridgehead atoms. The largest absolute Gasteiger partial charge is 0.316 e. The Balaban J connectivity index is 2.17. The number of pyridine rings is 1. The first kappa shape index (κ1) is 11.9. The molecule has 2 heterocycles. The number of hydrogen-bond donors (Lipinski definition) is 1. The van der Waals surface area contributed by atoms with Crippen LogP contribution in [0, 0.1) is 11.3 Å². The van der Waals surface area contributed by atoms with E-state index in [9.17, 15) is 0 Å². The van der Waals surface area contributed by atoms with Gasteiger partial charge in [-0.1, -0.05) is 6.42 Å². The molecule has 0 aliphatic carbocycles. The van der Waals surface area contributed by atoms with Gasteiger partial charge in [0.15, 0.2) is 0 Å². The van der Waals surface area contributed by atoms with Crippen molar-refractivity contribution in [2.45, 2.75) is 45.2 Å². The molecule has 1 saturated heterocycles. The van der Waals surface area contributed by atoms with E-state index in [1.807, 2.05) is 0 Å². The Labute approximate surface area is 102 Å². The minimum atomic E-state index is 0.491. The molecular weight excluding hydrogens is 212 g/mol. The van der Waals surface area contributed by atoms with Gasteiger partial charge in [0, 0.05) is 18.3 Å². The summed E-state index contributed by atoms with van der Waals surface area (Å²) in [4.78, 5) is 4.07. The van der Waals surface area contributed by atoms with Crippen molar-refractivity contribution in [3.63, 3.8) is 0 Å². The SMILES string of the molecule is CC1CCCC(C)N1Nc1cnccc1C#N. The molecule has 1 aromatic rings. The third kappa shape index (κ3) is 2.56. The maximum atomic E-state index is 9.04. The van der Waals surface area contributed by atoms with Crippen molar-refractivity contribution in [1.29, 1.82) is 5.26 Å². The second-order valence-electron chi connectivity index (χ2n) is 4.68. The van der Waals surface area contributed by atoms with Crippen LogP contribution in [0.25, 0.3) is 0 Å². The predicted octanol–water partition coefficient (Wildman–Crippen LogP) is 2.54. The Morgan fingerprint density at radius 3 is 2.76 bits per heavy atom. The van der Waals surface area contributed by atoms with E-state index in [0.29, 0.717) is 17.6 Å². The van der Waals surface area contributed by atoms with Gasteiger partial charge in [0.05, 0.1) is 17.4 Å². The highest BCUT2D eigenvalue weighted by Crippen LogP contribution is 2.24. The fourth-order valence-corrected chi connectivity index (χ4v) is 2.36. The van der Waals surface area contributed by atoms with E-state index in [4.69, 9.17) is 5.26 Å². The highest BCUT2D eigenvalue weighted by Gasteiger charge is 2.25. The quantitative estimate of drug-likeness (QED) is 0.848. The molecule has 4 heteroatoms. The number of piperidine rings is 1. The summed E-state index contributed by atoms with van der Waals surface area (Å²) in [7, 11) is 0. The van der Waals surface area contributed by atoms with E-state index in [1.54, 1.807) is 18.5 Å². The van der Waals surface area contributed by atoms with Crippen LogP contribution in [-0.4, -0.2) is 22.1 Å². The van der Waals surface area contributed by atoms with Crippen LogP contribution in [0.3, 0.4) is 0 Å². The summed E-state index contributed by atoms with van der Waals surface area (Å²) in [6.45, 7) is 4.43. The summed E-state index contributed by atoms with van der Waals surface area (Å²) < 4.78 is 0. The Kier molecular flexibility index (Phi) is 3.60. The number of hydrazine groups is 1. The third-order valence-electron chi connectivity index (χ3n) is 3.38. The standard InChI is InChI=1S/C13H18N4/c1-10-4-3-5-11(2)17(10)16-13-9-15-7-6-12(13)8-14/h6-7,9-11,16H,3-5H2,1-2H3. The molecule has 0 amide bonds. The fourth-order valence-electron chi connectivity index (χ4n) is 2.36. The first-order chi connectivity index (χ1) is 8.22. The van der Waals surface area contributed by atoms with E-state index >= 15 is 0 Å². The van der Waals surface area contributed by atoms with Gasteiger partial charge in [-0.2, -0.15) is 5.26 Å². The Hall–Kier alpha value is -1.60. The molecule has 0 spiro atoms. The van der Waals surface area contributed by atoms with E-state index in [2.05, 4.69) is 35.3 Å². The number of hydrogen-bond acceptors (Lipinski definition) is 4. The average Bonchev–Trinajstić information content (AvgIpc) is 2.34. The van der Waals surface area contributed by atoms with Crippen LogP contribution in [0.1, 0.15) is 38.7 Å². The van der Waals surface area contributed by atoms with Crippen molar-refractivity contribution in [3.8, 4) is 6.07 Å². The van der Waals surface area contributed by atoms with Crippen molar-refractivity contribution >= 4 is 5.69 Å². The monoisotopic (exact) mass is 230 g/mol. The van der Waals surface area contributed by atoms with Gasteiger partial charge >= 0.3 is 0 Å². The molecule has 1 aliphatic rings. The Bertz CT molecular complexity index is 414. The minimum Gasteiger partial charge on any atom is -0.316 e. The van der Waals surface area contributed by atoms with Crippen LogP contribution in [0.2, 0.25) is 0 Å². The summed E-state index contributed by atoms with van der Waals surface area (Å²) in [5.74, 6) is 0. The molecule has 0 radical (unpaired) electrons. The van der Waals surface area contributed by atoms with E-state index < -0.39 is 0 Å². The van der Waals surface area contributed by atoms with Crippen molar-refractivity contribution in [1.82, 2.24) is 9.99 Å². The Morgan fingerprint density at radius 1 is 1.41 bits per heavy atom. The van der Waals surface area contributed by atoms with Gasteiger partial charge in [0.1, 0.15) is 6.07 Å². The van der Waals surface area contributed by atoms with Crippen molar-refractivity contribution in [3.05, 3.63) is 24.0 Å². The summed E-state index contributed by atoms with van der Waals surface area (Å²) in [6, 6.07) is 4.91. The molecule has 4 nitrogen and oxygen atoms in total. The van der Waals surface area contributed by atoms with Crippen LogP contribution in [0.15, 0.2) is 18.5 Å². The van der Waals surface area contributed by atoms with Crippen LogP contribution in [0.4, 0.5) is 5.69 Å². The molecule has 1 N–H and O–H groups in total. The lowest BCUT2D eigenvalue weighted by Gasteiger charge is -2.39. The summed E-state index contributed by atoms with van der Waals surface area (Å²) in [5.41, 5.74) is 4.79. The van der Waals surface area contributed by atoms with Crippen LogP contribution in [0.5, 0.6) is 0 Å². The first-order valence-corrected chi connectivity index (χ1v) is 6.11. The fraction of sp³-hybridized carbons (Fsp3) is 0.538. The van der Waals surface area contributed by atoms with Gasteiger partial charge in [0.25, 0.3) is 0 Å². The molecule has 2 rings (SSSR count). The first-order valence-electron chi connectivity index (χ1n) is 6.11. The van der Waals surface area contributed by atoms with Gasteiger partial charge < -0.3 is 5.43 Å². The second-order valence-corrected chi connectivity index (χ2v) is 4.68. The zero-order valence-electron chi connectivity index (χ0n) is 10.3. The number of nitrogens with one attached hydrogen (secondary N) is 1. The molecule has 17 heavy (non-hydrogen) atoms. The van der Waals surface area contributed by atoms with E-state index in [-0.39, 0.29) is 0 Å². The molecule has 90 valence electrons. The number of nitrogens with zero attached hydrogens (tertiary/aromatic N) is 3. The predicted molar refractivity (Wildman–Crippen MR) is 67.2 cm³/mol. The molecule has 1 fully saturated rings. The van der Waals surface area contributed by atoms with Gasteiger partial charge in [-0.25, -0.2) is 5.01 Å². The van der Waals surface area contributed by atoms with Gasteiger partial charge in [0.2, 0.25) is 0 Å². The average molecular weight is 230 g/mol. The van der Waals surface area contributed by atoms with E-state index in [1.165, 1.54) is 19.3 Å². The lowest BCUT2D eigenvalue weighted by molar-refractivity contribution is 0.135. The van der Waals surface area contributed by atoms with Crippen molar-refractivity contribution in [2.24, 2.45) is 0 Å². The third-order valence-corrected chi connectivity index (χ3v) is 3.38. The molecule has 1 aromatic heterocycles. The second kappa shape index (κ2) is 5.15. The summed E-state index contributed by atoms with van der Waals surface area (Å²) in [6.07, 6.45) is 7.02. The van der Waals surface area contributed by atoms with Gasteiger partial charge in [-0.15, -0.1) is 0 Å². The number of aromatic nitrogens is 1. The lowest BCUT2D eigenvalue weighted by Crippen LogP contribution is -2.47. The maximum Gasteiger partial charge on any atom is 0.101 e. The van der Waals surface area contributed by atoms with Gasteiger partial charge in [-0.3, -0.25) is 4.98 Å². The topological polar surface area (TPSA) is 52.0 Å². The smallest absolute Gasteiger partial charge is 0.101 e.